The average Bonchev–Trinajstić information content (AvgIpc) is 3.24. The van der Waals surface area contributed by atoms with Crippen LogP contribution >= 0.6 is 23.7 Å². The second-order valence-corrected chi connectivity index (χ2v) is 8.45. The minimum Gasteiger partial charge on any atom is -0.465 e. The molecule has 1 aliphatic heterocycles. The molecule has 0 aliphatic carbocycles. The SMILES string of the molecule is COC(=O)c1ccc(C(=O)N(CCCN2CCOCC2)c2nc3ccc(F)cc3s2)cc1.Cl. The van der Waals surface area contributed by atoms with E-state index in [9.17, 15) is 14.0 Å². The molecule has 0 spiro atoms. The van der Waals surface area contributed by atoms with Crippen LogP contribution in [0.5, 0.6) is 0 Å². The van der Waals surface area contributed by atoms with E-state index in [0.29, 0.717) is 33.0 Å². The van der Waals surface area contributed by atoms with Crippen LogP contribution in [0.25, 0.3) is 10.2 Å². The first-order chi connectivity index (χ1) is 15.5. The number of hydrogen-bond acceptors (Lipinski definition) is 7. The first-order valence-corrected chi connectivity index (χ1v) is 11.2. The second kappa shape index (κ2) is 11.5. The lowest BCUT2D eigenvalue weighted by atomic mass is 10.1. The highest BCUT2D eigenvalue weighted by Gasteiger charge is 2.22. The van der Waals surface area contributed by atoms with E-state index in [1.54, 1.807) is 35.2 Å². The van der Waals surface area contributed by atoms with E-state index in [4.69, 9.17) is 9.47 Å². The van der Waals surface area contributed by atoms with Crippen molar-refractivity contribution >= 4 is 51.0 Å². The van der Waals surface area contributed by atoms with Crippen molar-refractivity contribution in [3.63, 3.8) is 0 Å². The smallest absolute Gasteiger partial charge is 0.337 e. The number of esters is 1. The van der Waals surface area contributed by atoms with Crippen LogP contribution in [0.3, 0.4) is 0 Å². The topological polar surface area (TPSA) is 72.0 Å². The van der Waals surface area contributed by atoms with Crippen LogP contribution in [0, 0.1) is 5.82 Å². The molecule has 7 nitrogen and oxygen atoms in total. The van der Waals surface area contributed by atoms with Gasteiger partial charge in [-0.1, -0.05) is 11.3 Å². The van der Waals surface area contributed by atoms with Crippen molar-refractivity contribution in [2.45, 2.75) is 6.42 Å². The Morgan fingerprint density at radius 3 is 2.55 bits per heavy atom. The molecule has 4 rings (SSSR count). The van der Waals surface area contributed by atoms with Gasteiger partial charge in [-0.2, -0.15) is 0 Å². The number of ether oxygens (including phenoxy) is 2. The molecule has 1 saturated heterocycles. The number of rotatable bonds is 7. The summed E-state index contributed by atoms with van der Waals surface area (Å²) in [5, 5.41) is 0.523. The fourth-order valence-electron chi connectivity index (χ4n) is 3.59. The number of carbonyl (C=O) groups is 2. The summed E-state index contributed by atoms with van der Waals surface area (Å²) in [6.07, 6.45) is 0.760. The molecule has 33 heavy (non-hydrogen) atoms. The van der Waals surface area contributed by atoms with Gasteiger partial charge in [0.1, 0.15) is 5.82 Å². The van der Waals surface area contributed by atoms with Crippen LogP contribution in [0.15, 0.2) is 42.5 Å². The zero-order valence-corrected chi connectivity index (χ0v) is 19.8. The quantitative estimate of drug-likeness (QED) is 0.463. The van der Waals surface area contributed by atoms with E-state index in [2.05, 4.69) is 9.88 Å². The fourth-order valence-corrected chi connectivity index (χ4v) is 4.60. The van der Waals surface area contributed by atoms with Crippen LogP contribution in [0.2, 0.25) is 0 Å². The molecule has 3 aromatic rings. The fraction of sp³-hybridized carbons (Fsp3) is 0.348. The number of carbonyl (C=O) groups excluding carboxylic acids is 2. The van der Waals surface area contributed by atoms with Gasteiger partial charge in [0, 0.05) is 31.7 Å². The molecule has 10 heteroatoms. The molecule has 1 fully saturated rings. The van der Waals surface area contributed by atoms with E-state index in [-0.39, 0.29) is 24.1 Å². The zero-order chi connectivity index (χ0) is 22.5. The average molecular weight is 494 g/mol. The maximum Gasteiger partial charge on any atom is 0.337 e. The first-order valence-electron chi connectivity index (χ1n) is 10.4. The number of nitrogens with zero attached hydrogens (tertiary/aromatic N) is 3. The molecule has 0 saturated carbocycles. The maximum absolute atomic E-state index is 13.7. The number of aromatic nitrogens is 1. The van der Waals surface area contributed by atoms with Crippen molar-refractivity contribution in [2.24, 2.45) is 0 Å². The van der Waals surface area contributed by atoms with Gasteiger partial charge >= 0.3 is 5.97 Å². The number of thiazole rings is 1. The molecule has 0 bridgehead atoms. The molecular formula is C23H25ClFN3O4S. The Kier molecular flexibility index (Phi) is 8.74. The molecule has 176 valence electrons. The lowest BCUT2D eigenvalue weighted by Gasteiger charge is -2.27. The van der Waals surface area contributed by atoms with E-state index >= 15 is 0 Å². The summed E-state index contributed by atoms with van der Waals surface area (Å²) in [7, 11) is 1.31. The molecule has 1 aromatic heterocycles. The number of fused-ring (bicyclic) bond motifs is 1. The zero-order valence-electron chi connectivity index (χ0n) is 18.2. The Balaban J connectivity index is 0.00000306. The highest BCUT2D eigenvalue weighted by molar-refractivity contribution is 7.22. The molecule has 2 heterocycles. The maximum atomic E-state index is 13.7. The van der Waals surface area contributed by atoms with Crippen molar-refractivity contribution in [1.82, 2.24) is 9.88 Å². The molecule has 0 N–H and O–H groups in total. The molecule has 1 aliphatic rings. The van der Waals surface area contributed by atoms with Crippen molar-refractivity contribution in [3.05, 3.63) is 59.4 Å². The largest absolute Gasteiger partial charge is 0.465 e. The van der Waals surface area contributed by atoms with Crippen LogP contribution in [-0.4, -0.2) is 68.3 Å². The van der Waals surface area contributed by atoms with Crippen molar-refractivity contribution in [2.75, 3.05) is 51.4 Å². The lowest BCUT2D eigenvalue weighted by molar-refractivity contribution is 0.0376. The Morgan fingerprint density at radius 2 is 1.85 bits per heavy atom. The number of hydrogen-bond donors (Lipinski definition) is 0. The van der Waals surface area contributed by atoms with Gasteiger partial charge in [0.15, 0.2) is 5.13 Å². The molecular weight excluding hydrogens is 469 g/mol. The predicted molar refractivity (Wildman–Crippen MR) is 128 cm³/mol. The minimum absolute atomic E-state index is 0. The van der Waals surface area contributed by atoms with Crippen LogP contribution < -0.4 is 4.90 Å². The summed E-state index contributed by atoms with van der Waals surface area (Å²) in [6, 6.07) is 10.8. The third-order valence-corrected chi connectivity index (χ3v) is 6.37. The van der Waals surface area contributed by atoms with Crippen molar-refractivity contribution < 1.29 is 23.5 Å². The summed E-state index contributed by atoms with van der Waals surface area (Å²) < 4.78 is 24.5. The van der Waals surface area contributed by atoms with Crippen LogP contribution in [-0.2, 0) is 9.47 Å². The van der Waals surface area contributed by atoms with Crippen LogP contribution in [0.4, 0.5) is 9.52 Å². The summed E-state index contributed by atoms with van der Waals surface area (Å²) in [4.78, 5) is 33.6. The van der Waals surface area contributed by atoms with Gasteiger partial charge in [0.2, 0.25) is 0 Å². The number of methoxy groups -OCH3 is 1. The third kappa shape index (κ3) is 6.05. The van der Waals surface area contributed by atoms with E-state index in [1.807, 2.05) is 0 Å². The molecule has 0 atom stereocenters. The van der Waals surface area contributed by atoms with Gasteiger partial charge in [-0.3, -0.25) is 14.6 Å². The van der Waals surface area contributed by atoms with Gasteiger partial charge in [0.05, 0.1) is 36.1 Å². The highest BCUT2D eigenvalue weighted by atomic mass is 35.5. The number of halogens is 2. The van der Waals surface area contributed by atoms with E-state index < -0.39 is 5.97 Å². The first kappa shape index (κ1) is 25.0. The third-order valence-electron chi connectivity index (χ3n) is 5.33. The van der Waals surface area contributed by atoms with E-state index in [1.165, 1.54) is 30.6 Å². The Labute approximate surface area is 201 Å². The normalized spacial score (nSPS) is 14.0. The second-order valence-electron chi connectivity index (χ2n) is 7.44. The Morgan fingerprint density at radius 1 is 1.15 bits per heavy atom. The highest BCUT2D eigenvalue weighted by Crippen LogP contribution is 2.30. The van der Waals surface area contributed by atoms with Gasteiger partial charge in [0.25, 0.3) is 5.91 Å². The molecule has 0 unspecified atom stereocenters. The summed E-state index contributed by atoms with van der Waals surface area (Å²) in [5.41, 5.74) is 1.46. The van der Waals surface area contributed by atoms with Crippen LogP contribution in [0.1, 0.15) is 27.1 Å². The van der Waals surface area contributed by atoms with E-state index in [0.717, 1.165) is 39.3 Å². The Bertz CT molecular complexity index is 1100. The molecule has 2 aromatic carbocycles. The van der Waals surface area contributed by atoms with Crippen molar-refractivity contribution in [3.8, 4) is 0 Å². The summed E-state index contributed by atoms with van der Waals surface area (Å²) in [6.45, 7) is 4.51. The standard InChI is InChI=1S/C23H24FN3O4S.ClH/c1-30-22(29)17-5-3-16(4-6-17)21(28)27(10-2-9-26-11-13-31-14-12-26)23-25-19-8-7-18(24)15-20(19)32-23;/h3-8,15H,2,9-14H2,1H3;1H. The summed E-state index contributed by atoms with van der Waals surface area (Å²) >= 11 is 1.29. The van der Waals surface area contributed by atoms with Crippen molar-refractivity contribution in [1.29, 1.82) is 0 Å². The monoisotopic (exact) mass is 493 g/mol. The lowest BCUT2D eigenvalue weighted by Crippen LogP contribution is -2.39. The number of amides is 1. The van der Waals surface area contributed by atoms with Gasteiger partial charge < -0.3 is 9.47 Å². The van der Waals surface area contributed by atoms with Gasteiger partial charge in [-0.25, -0.2) is 14.2 Å². The molecule has 1 amide bonds. The number of anilines is 1. The van der Waals surface area contributed by atoms with Gasteiger partial charge in [-0.05, 0) is 48.9 Å². The number of benzene rings is 2. The van der Waals surface area contributed by atoms with Gasteiger partial charge in [-0.15, -0.1) is 12.4 Å². The summed E-state index contributed by atoms with van der Waals surface area (Å²) in [5.74, 6) is -1.02. The Hall–Kier alpha value is -2.59. The minimum atomic E-state index is -0.459. The number of morpholine rings is 1. The molecule has 0 radical (unpaired) electrons. The predicted octanol–water partition coefficient (Wildman–Crippen LogP) is 4.01.